The van der Waals surface area contributed by atoms with Crippen LogP contribution in [0.3, 0.4) is 0 Å². The number of rotatable bonds is 4. The number of aryl methyl sites for hydroxylation is 3. The van der Waals surface area contributed by atoms with Crippen molar-refractivity contribution in [2.24, 2.45) is 7.05 Å². The molecule has 0 aliphatic heterocycles. The van der Waals surface area contributed by atoms with E-state index in [1.807, 2.05) is 38.5 Å². The molecule has 0 amide bonds. The first-order chi connectivity index (χ1) is 12.5. The molecule has 0 atom stereocenters. The summed E-state index contributed by atoms with van der Waals surface area (Å²) in [5, 5.41) is 9.95. The molecule has 0 unspecified atom stereocenters. The summed E-state index contributed by atoms with van der Waals surface area (Å²) in [6.07, 6.45) is 1.64. The van der Waals surface area contributed by atoms with Crippen LogP contribution < -0.4 is 5.56 Å². The highest BCUT2D eigenvalue weighted by atomic mass is 32.2. The summed E-state index contributed by atoms with van der Waals surface area (Å²) in [5.74, 6) is 2.70. The quantitative estimate of drug-likeness (QED) is 0.538. The number of fused-ring (bicyclic) bond motifs is 1. The monoisotopic (exact) mass is 387 g/mol. The van der Waals surface area contributed by atoms with Crippen LogP contribution in [-0.4, -0.2) is 24.7 Å². The van der Waals surface area contributed by atoms with Gasteiger partial charge >= 0.3 is 0 Å². The van der Waals surface area contributed by atoms with Crippen molar-refractivity contribution >= 4 is 33.3 Å². The number of nitrogens with zero attached hydrogens (tertiary/aromatic N) is 4. The van der Waals surface area contributed by atoms with Crippen LogP contribution in [0.15, 0.2) is 26.7 Å². The molecule has 9 heteroatoms. The lowest BCUT2D eigenvalue weighted by atomic mass is 10.2. The van der Waals surface area contributed by atoms with Gasteiger partial charge in [-0.25, -0.2) is 4.98 Å². The van der Waals surface area contributed by atoms with E-state index in [4.69, 9.17) is 4.42 Å². The molecular formula is C17H17N5O2S2. The van der Waals surface area contributed by atoms with E-state index in [1.165, 1.54) is 11.8 Å². The molecule has 0 radical (unpaired) electrons. The fourth-order valence-electron chi connectivity index (χ4n) is 2.79. The van der Waals surface area contributed by atoms with Crippen LogP contribution in [-0.2, 0) is 12.8 Å². The maximum Gasteiger partial charge on any atom is 0.259 e. The second kappa shape index (κ2) is 6.40. The van der Waals surface area contributed by atoms with Crippen molar-refractivity contribution in [1.82, 2.24) is 24.7 Å². The van der Waals surface area contributed by atoms with Crippen LogP contribution >= 0.6 is 23.1 Å². The third-order valence-electron chi connectivity index (χ3n) is 4.36. The SMILES string of the molecule is Cc1occc1-c1nnc(SCc2nc3sc(C)c(C)c3c(=O)[nH]2)n1C. The van der Waals surface area contributed by atoms with Gasteiger partial charge < -0.3 is 14.0 Å². The van der Waals surface area contributed by atoms with Crippen LogP contribution in [0.1, 0.15) is 22.0 Å². The molecule has 1 N–H and O–H groups in total. The molecule has 4 aromatic rings. The zero-order valence-electron chi connectivity index (χ0n) is 14.8. The van der Waals surface area contributed by atoms with Gasteiger partial charge in [-0.3, -0.25) is 4.79 Å². The van der Waals surface area contributed by atoms with E-state index in [0.717, 1.165) is 37.6 Å². The topological polar surface area (TPSA) is 89.6 Å². The van der Waals surface area contributed by atoms with Gasteiger partial charge in [-0.1, -0.05) is 11.8 Å². The molecular weight excluding hydrogens is 370 g/mol. The Morgan fingerprint density at radius 2 is 2.12 bits per heavy atom. The van der Waals surface area contributed by atoms with Crippen molar-refractivity contribution in [3.05, 3.63) is 44.7 Å². The largest absolute Gasteiger partial charge is 0.469 e. The number of thioether (sulfide) groups is 1. The highest BCUT2D eigenvalue weighted by Crippen LogP contribution is 2.28. The van der Waals surface area contributed by atoms with E-state index in [-0.39, 0.29) is 5.56 Å². The first-order valence-electron chi connectivity index (χ1n) is 8.01. The lowest BCUT2D eigenvalue weighted by molar-refractivity contribution is 0.534. The molecule has 0 saturated carbocycles. The van der Waals surface area contributed by atoms with Crippen molar-refractivity contribution in [3.8, 4) is 11.4 Å². The number of H-pyrrole nitrogens is 1. The van der Waals surface area contributed by atoms with E-state index < -0.39 is 0 Å². The lowest BCUT2D eigenvalue weighted by Crippen LogP contribution is -2.11. The molecule has 4 rings (SSSR count). The first-order valence-corrected chi connectivity index (χ1v) is 9.81. The number of hydrogen-bond donors (Lipinski definition) is 1. The Kier molecular flexibility index (Phi) is 4.20. The smallest absolute Gasteiger partial charge is 0.259 e. The van der Waals surface area contributed by atoms with Gasteiger partial charge in [0.15, 0.2) is 11.0 Å². The fraction of sp³-hybridized carbons (Fsp3) is 0.294. The molecule has 0 aliphatic carbocycles. The van der Waals surface area contributed by atoms with Crippen molar-refractivity contribution in [2.75, 3.05) is 0 Å². The summed E-state index contributed by atoms with van der Waals surface area (Å²) in [7, 11) is 1.91. The third kappa shape index (κ3) is 2.77. The number of furan rings is 1. The zero-order chi connectivity index (χ0) is 18.4. The minimum Gasteiger partial charge on any atom is -0.469 e. The van der Waals surface area contributed by atoms with Crippen molar-refractivity contribution in [1.29, 1.82) is 0 Å². The van der Waals surface area contributed by atoms with Crippen LogP contribution in [0.25, 0.3) is 21.6 Å². The maximum atomic E-state index is 12.4. The van der Waals surface area contributed by atoms with Crippen LogP contribution in [0, 0.1) is 20.8 Å². The summed E-state index contributed by atoms with van der Waals surface area (Å²) < 4.78 is 7.26. The number of nitrogens with one attached hydrogen (secondary N) is 1. The van der Waals surface area contributed by atoms with Gasteiger partial charge in [-0.15, -0.1) is 21.5 Å². The standard InChI is InChI=1S/C17H17N5O2S2/c1-8-10(3)26-16-13(8)15(23)18-12(19-16)7-25-17-21-20-14(22(17)4)11-5-6-24-9(11)2/h5-6H,7H2,1-4H3,(H,18,19,23). The molecule has 0 fully saturated rings. The highest BCUT2D eigenvalue weighted by molar-refractivity contribution is 7.98. The van der Waals surface area contributed by atoms with Crippen LogP contribution in [0.2, 0.25) is 0 Å². The highest BCUT2D eigenvalue weighted by Gasteiger charge is 2.16. The summed E-state index contributed by atoms with van der Waals surface area (Å²) >= 11 is 3.04. The minimum absolute atomic E-state index is 0.0832. The molecule has 26 heavy (non-hydrogen) atoms. The summed E-state index contributed by atoms with van der Waals surface area (Å²) in [6, 6.07) is 1.88. The second-order valence-corrected chi connectivity index (χ2v) is 8.17. The average Bonchev–Trinajstić information content (AvgIpc) is 3.25. The molecule has 4 aromatic heterocycles. The van der Waals surface area contributed by atoms with E-state index >= 15 is 0 Å². The van der Waals surface area contributed by atoms with E-state index in [9.17, 15) is 4.79 Å². The Bertz CT molecular complexity index is 1170. The molecule has 0 bridgehead atoms. The predicted octanol–water partition coefficient (Wildman–Crippen LogP) is 3.59. The molecule has 7 nitrogen and oxygen atoms in total. The first kappa shape index (κ1) is 17.0. The molecule has 0 saturated heterocycles. The maximum absolute atomic E-state index is 12.4. The molecule has 134 valence electrons. The summed E-state index contributed by atoms with van der Waals surface area (Å²) in [5.41, 5.74) is 1.84. The van der Waals surface area contributed by atoms with E-state index in [0.29, 0.717) is 17.0 Å². The normalized spacial score (nSPS) is 11.5. The Labute approximate surface area is 157 Å². The van der Waals surface area contributed by atoms with Gasteiger partial charge in [0.25, 0.3) is 5.56 Å². The molecule has 0 aromatic carbocycles. The van der Waals surface area contributed by atoms with Crippen molar-refractivity contribution in [2.45, 2.75) is 31.7 Å². The van der Waals surface area contributed by atoms with Crippen LogP contribution in [0.5, 0.6) is 0 Å². The number of hydrogen-bond acceptors (Lipinski definition) is 7. The molecule has 0 spiro atoms. The second-order valence-electron chi connectivity index (χ2n) is 6.02. The van der Waals surface area contributed by atoms with Gasteiger partial charge in [-0.05, 0) is 32.4 Å². The fourth-order valence-corrected chi connectivity index (χ4v) is 4.62. The Balaban J connectivity index is 1.60. The number of thiophene rings is 1. The van der Waals surface area contributed by atoms with Gasteiger partial charge in [0, 0.05) is 11.9 Å². The van der Waals surface area contributed by atoms with Gasteiger partial charge in [0.2, 0.25) is 0 Å². The van der Waals surface area contributed by atoms with Crippen molar-refractivity contribution in [3.63, 3.8) is 0 Å². The Morgan fingerprint density at radius 3 is 2.85 bits per heavy atom. The van der Waals surface area contributed by atoms with Gasteiger partial charge in [0.05, 0.1) is 23.0 Å². The summed E-state index contributed by atoms with van der Waals surface area (Å²) in [4.78, 5) is 21.8. The predicted molar refractivity (Wildman–Crippen MR) is 103 cm³/mol. The van der Waals surface area contributed by atoms with Gasteiger partial charge in [-0.2, -0.15) is 0 Å². The molecule has 4 heterocycles. The van der Waals surface area contributed by atoms with E-state index in [1.54, 1.807) is 17.6 Å². The zero-order valence-corrected chi connectivity index (χ0v) is 16.4. The third-order valence-corrected chi connectivity index (χ3v) is 6.49. The van der Waals surface area contributed by atoms with Crippen LogP contribution in [0.4, 0.5) is 0 Å². The Hall–Kier alpha value is -2.39. The minimum atomic E-state index is -0.0832. The Morgan fingerprint density at radius 1 is 1.31 bits per heavy atom. The average molecular weight is 387 g/mol. The number of aromatic amines is 1. The van der Waals surface area contributed by atoms with Crippen molar-refractivity contribution < 1.29 is 4.42 Å². The molecule has 0 aliphatic rings. The number of aromatic nitrogens is 5. The summed E-state index contributed by atoms with van der Waals surface area (Å²) in [6.45, 7) is 5.86. The lowest BCUT2D eigenvalue weighted by Gasteiger charge is -2.03. The van der Waals surface area contributed by atoms with E-state index in [2.05, 4.69) is 20.2 Å². The van der Waals surface area contributed by atoms with Gasteiger partial charge in [0.1, 0.15) is 16.4 Å².